The Kier molecular flexibility index (Phi) is 1.63. The van der Waals surface area contributed by atoms with Crippen molar-refractivity contribution in [2.24, 2.45) is 0 Å². The van der Waals surface area contributed by atoms with Crippen LogP contribution < -0.4 is 0 Å². The molecule has 1 saturated heterocycles. The van der Waals surface area contributed by atoms with Gasteiger partial charge in [0.1, 0.15) is 0 Å². The van der Waals surface area contributed by atoms with Gasteiger partial charge in [-0.05, 0) is 6.42 Å². The summed E-state index contributed by atoms with van der Waals surface area (Å²) in [5.74, 6) is 0. The van der Waals surface area contributed by atoms with Crippen LogP contribution in [0.1, 0.15) is 6.42 Å². The Hall–Kier alpha value is 0.350. The van der Waals surface area contributed by atoms with Gasteiger partial charge < -0.3 is 5.11 Å². The molecule has 0 aromatic heterocycles. The fourth-order valence-corrected chi connectivity index (χ4v) is 1.16. The predicted octanol–water partition coefficient (Wildman–Crippen LogP) is -0.157. The maximum absolute atomic E-state index is 8.84. The van der Waals surface area contributed by atoms with Gasteiger partial charge in [-0.25, -0.2) is 0 Å². The van der Waals surface area contributed by atoms with Crippen LogP contribution in [0, 0.1) is 0 Å². The molecule has 7 heavy (non-hydrogen) atoms. The molecule has 0 aliphatic carbocycles. The quantitative estimate of drug-likeness (QED) is 0.448. The Morgan fingerprint density at radius 3 is 2.57 bits per heavy atom. The number of β-amino-alcohol motifs (C(OH)–C–C–N with tert-alkyl or cyclic N) is 1. The summed E-state index contributed by atoms with van der Waals surface area (Å²) in [6.45, 7) is 1.84. The van der Waals surface area contributed by atoms with E-state index >= 15 is 0 Å². The first-order chi connectivity index (χ1) is 3.29. The first-order valence-corrected chi connectivity index (χ1v) is 2.98. The van der Waals surface area contributed by atoms with Crippen molar-refractivity contribution >= 4 is 9.39 Å². The smallest absolute Gasteiger partial charge is 0.0682 e. The van der Waals surface area contributed by atoms with E-state index in [1.165, 1.54) is 0 Å². The van der Waals surface area contributed by atoms with E-state index in [1.54, 1.807) is 0 Å². The SMILES string of the molecule is OC1CCN(P)C1. The van der Waals surface area contributed by atoms with Gasteiger partial charge in [0.05, 0.1) is 6.10 Å². The van der Waals surface area contributed by atoms with E-state index in [4.69, 9.17) is 5.11 Å². The van der Waals surface area contributed by atoms with E-state index in [2.05, 4.69) is 9.39 Å². The molecule has 0 aromatic carbocycles. The summed E-state index contributed by atoms with van der Waals surface area (Å²) in [5.41, 5.74) is 0. The number of aliphatic hydroxyl groups is 1. The molecule has 1 fully saturated rings. The molecule has 2 nitrogen and oxygen atoms in total. The number of hydrogen-bond donors (Lipinski definition) is 1. The maximum atomic E-state index is 8.84. The molecule has 2 atom stereocenters. The Bertz CT molecular complexity index is 60.7. The van der Waals surface area contributed by atoms with Gasteiger partial charge in [-0.1, -0.05) is 9.39 Å². The molecule has 3 heteroatoms. The second-order valence-corrected chi connectivity index (χ2v) is 2.67. The molecule has 0 radical (unpaired) electrons. The summed E-state index contributed by atoms with van der Waals surface area (Å²) in [4.78, 5) is 0. The molecule has 0 spiro atoms. The van der Waals surface area contributed by atoms with Crippen molar-refractivity contribution in [3.05, 3.63) is 0 Å². The fraction of sp³-hybridized carbons (Fsp3) is 1.00. The Morgan fingerprint density at radius 2 is 2.43 bits per heavy atom. The second-order valence-electron chi connectivity index (χ2n) is 1.94. The zero-order valence-corrected chi connectivity index (χ0v) is 5.33. The van der Waals surface area contributed by atoms with Crippen molar-refractivity contribution < 1.29 is 5.11 Å². The molecule has 1 rings (SSSR count). The normalized spacial score (nSPS) is 34.3. The summed E-state index contributed by atoms with van der Waals surface area (Å²) in [6, 6.07) is 0. The lowest BCUT2D eigenvalue weighted by Gasteiger charge is -2.02. The second kappa shape index (κ2) is 2.08. The van der Waals surface area contributed by atoms with Crippen molar-refractivity contribution in [2.45, 2.75) is 12.5 Å². The zero-order chi connectivity index (χ0) is 5.28. The molecular formula is C4H10NOP. The Labute approximate surface area is 45.8 Å². The van der Waals surface area contributed by atoms with Gasteiger partial charge in [0.2, 0.25) is 0 Å². The van der Waals surface area contributed by atoms with Crippen molar-refractivity contribution in [1.29, 1.82) is 0 Å². The summed E-state index contributed by atoms with van der Waals surface area (Å²) >= 11 is 0. The van der Waals surface area contributed by atoms with Crippen molar-refractivity contribution in [3.8, 4) is 0 Å². The summed E-state index contributed by atoms with van der Waals surface area (Å²) in [7, 11) is 2.57. The number of aliphatic hydroxyl groups excluding tert-OH is 1. The van der Waals surface area contributed by atoms with Gasteiger partial charge in [-0.15, -0.1) is 0 Å². The lowest BCUT2D eigenvalue weighted by Crippen LogP contribution is -2.09. The largest absolute Gasteiger partial charge is 0.392 e. The predicted molar refractivity (Wildman–Crippen MR) is 31.9 cm³/mol. The van der Waals surface area contributed by atoms with Crippen LogP contribution in [0.3, 0.4) is 0 Å². The maximum Gasteiger partial charge on any atom is 0.0682 e. The van der Waals surface area contributed by atoms with Gasteiger partial charge in [0.15, 0.2) is 0 Å². The Morgan fingerprint density at radius 1 is 1.71 bits per heavy atom. The molecule has 42 valence electrons. The Balaban J connectivity index is 2.26. The van der Waals surface area contributed by atoms with E-state index in [0.29, 0.717) is 0 Å². The van der Waals surface area contributed by atoms with Crippen LogP contribution in [0.15, 0.2) is 0 Å². The van der Waals surface area contributed by atoms with Crippen LogP contribution in [-0.2, 0) is 0 Å². The fourth-order valence-electron chi connectivity index (χ4n) is 0.768. The van der Waals surface area contributed by atoms with Crippen molar-refractivity contribution in [2.75, 3.05) is 13.1 Å². The lowest BCUT2D eigenvalue weighted by atomic mass is 10.3. The van der Waals surface area contributed by atoms with Gasteiger partial charge in [0, 0.05) is 13.1 Å². The van der Waals surface area contributed by atoms with E-state index in [0.717, 1.165) is 19.5 Å². The third-order valence-corrected chi connectivity index (χ3v) is 1.66. The van der Waals surface area contributed by atoms with Crippen LogP contribution in [0.25, 0.3) is 0 Å². The van der Waals surface area contributed by atoms with E-state index < -0.39 is 0 Å². The monoisotopic (exact) mass is 119 g/mol. The number of hydrogen-bond acceptors (Lipinski definition) is 2. The molecule has 0 bridgehead atoms. The van der Waals surface area contributed by atoms with Crippen molar-refractivity contribution in [3.63, 3.8) is 0 Å². The third-order valence-electron chi connectivity index (χ3n) is 1.19. The molecule has 0 saturated carbocycles. The van der Waals surface area contributed by atoms with E-state index in [1.807, 2.05) is 4.67 Å². The topological polar surface area (TPSA) is 23.5 Å². The number of rotatable bonds is 0. The standard InChI is InChI=1S/C4H10NOP/c6-4-1-2-5(7)3-4/h4,6H,1-3,7H2. The first kappa shape index (κ1) is 5.49. The molecule has 1 aliphatic rings. The van der Waals surface area contributed by atoms with Crippen LogP contribution in [0.4, 0.5) is 0 Å². The molecule has 1 heterocycles. The minimum atomic E-state index is -0.0718. The average molecular weight is 119 g/mol. The highest BCUT2D eigenvalue weighted by Crippen LogP contribution is 2.11. The van der Waals surface area contributed by atoms with Gasteiger partial charge in [-0.3, -0.25) is 4.67 Å². The zero-order valence-electron chi connectivity index (χ0n) is 4.17. The average Bonchev–Trinajstić information content (AvgIpc) is 1.87. The lowest BCUT2D eigenvalue weighted by molar-refractivity contribution is 0.190. The third kappa shape index (κ3) is 1.37. The number of nitrogens with zero attached hydrogens (tertiary/aromatic N) is 1. The molecular weight excluding hydrogens is 109 g/mol. The minimum absolute atomic E-state index is 0.0718. The first-order valence-electron chi connectivity index (χ1n) is 2.47. The van der Waals surface area contributed by atoms with E-state index in [9.17, 15) is 0 Å². The van der Waals surface area contributed by atoms with Crippen LogP contribution in [-0.4, -0.2) is 29.0 Å². The van der Waals surface area contributed by atoms with Gasteiger partial charge >= 0.3 is 0 Å². The van der Waals surface area contributed by atoms with E-state index in [-0.39, 0.29) is 6.10 Å². The van der Waals surface area contributed by atoms with Crippen LogP contribution in [0.5, 0.6) is 0 Å². The van der Waals surface area contributed by atoms with Gasteiger partial charge in [0.25, 0.3) is 0 Å². The summed E-state index contributed by atoms with van der Waals surface area (Å²) in [5, 5.41) is 8.84. The van der Waals surface area contributed by atoms with Crippen molar-refractivity contribution in [1.82, 2.24) is 4.67 Å². The molecule has 0 amide bonds. The molecule has 2 unspecified atom stereocenters. The molecule has 0 aromatic rings. The molecule has 1 N–H and O–H groups in total. The summed E-state index contributed by atoms with van der Waals surface area (Å²) in [6.07, 6.45) is 0.862. The highest BCUT2D eigenvalue weighted by molar-refractivity contribution is 7.13. The minimum Gasteiger partial charge on any atom is -0.392 e. The highest BCUT2D eigenvalue weighted by Gasteiger charge is 2.15. The van der Waals surface area contributed by atoms with Crippen LogP contribution >= 0.6 is 9.39 Å². The van der Waals surface area contributed by atoms with Gasteiger partial charge in [-0.2, -0.15) is 0 Å². The highest BCUT2D eigenvalue weighted by atomic mass is 31.0. The molecule has 1 aliphatic heterocycles. The van der Waals surface area contributed by atoms with Crippen LogP contribution in [0.2, 0.25) is 0 Å². The summed E-state index contributed by atoms with van der Waals surface area (Å²) < 4.78 is 2.05.